The second-order valence-electron chi connectivity index (χ2n) is 8.76. The van der Waals surface area contributed by atoms with E-state index in [1.54, 1.807) is 0 Å². The number of nitrogens with one attached hydrogen (secondary N) is 2. The lowest BCUT2D eigenvalue weighted by Gasteiger charge is -2.20. The molecule has 8 nitrogen and oxygen atoms in total. The average Bonchev–Trinajstić information content (AvgIpc) is 3.44. The molecule has 0 aromatic heterocycles. The molecule has 34 heavy (non-hydrogen) atoms. The number of hydrogen-bond donors (Lipinski definition) is 3. The van der Waals surface area contributed by atoms with Crippen LogP contribution in [0, 0.1) is 5.92 Å². The van der Waals surface area contributed by atoms with Gasteiger partial charge in [-0.1, -0.05) is 55.5 Å². The largest absolute Gasteiger partial charge is 0.479 e. The van der Waals surface area contributed by atoms with Gasteiger partial charge in [-0.15, -0.1) is 0 Å². The van der Waals surface area contributed by atoms with Crippen molar-refractivity contribution in [3.05, 3.63) is 59.7 Å². The smallest absolute Gasteiger partial charge is 0.407 e. The molecule has 0 radical (unpaired) electrons. The minimum Gasteiger partial charge on any atom is -0.479 e. The number of amides is 2. The van der Waals surface area contributed by atoms with Crippen LogP contribution in [0.4, 0.5) is 4.79 Å². The third-order valence-electron chi connectivity index (χ3n) is 6.61. The number of carboxylic acids is 1. The SMILES string of the molecule is CC[C@H](CC(=O)NCC1CCOC1C(=O)O)NC(=O)OCC1c2ccccc2-c2ccccc21. The lowest BCUT2D eigenvalue weighted by Crippen LogP contribution is -2.41. The third-order valence-corrected chi connectivity index (χ3v) is 6.61. The Labute approximate surface area is 198 Å². The monoisotopic (exact) mass is 466 g/mol. The first-order valence-corrected chi connectivity index (χ1v) is 11.7. The average molecular weight is 467 g/mol. The summed E-state index contributed by atoms with van der Waals surface area (Å²) in [6, 6.07) is 15.9. The fourth-order valence-electron chi connectivity index (χ4n) is 4.76. The minimum atomic E-state index is -1.01. The van der Waals surface area contributed by atoms with Crippen molar-refractivity contribution in [1.29, 1.82) is 0 Å². The zero-order valence-corrected chi connectivity index (χ0v) is 19.2. The molecule has 1 fully saturated rings. The van der Waals surface area contributed by atoms with Crippen LogP contribution in [0.5, 0.6) is 0 Å². The van der Waals surface area contributed by atoms with Gasteiger partial charge in [0.25, 0.3) is 0 Å². The summed E-state index contributed by atoms with van der Waals surface area (Å²) in [6.07, 6.45) is -0.210. The predicted octanol–water partition coefficient (Wildman–Crippen LogP) is 3.30. The molecule has 2 amide bonds. The van der Waals surface area contributed by atoms with Crippen LogP contribution in [0.15, 0.2) is 48.5 Å². The number of alkyl carbamates (subject to hydrolysis) is 1. The second-order valence-corrected chi connectivity index (χ2v) is 8.76. The van der Waals surface area contributed by atoms with E-state index in [1.807, 2.05) is 31.2 Å². The molecule has 3 atom stereocenters. The number of carbonyl (C=O) groups is 3. The maximum Gasteiger partial charge on any atom is 0.407 e. The third kappa shape index (κ3) is 5.22. The zero-order valence-electron chi connectivity index (χ0n) is 19.2. The van der Waals surface area contributed by atoms with E-state index in [9.17, 15) is 19.5 Å². The van der Waals surface area contributed by atoms with Crippen LogP contribution in [0.1, 0.15) is 43.2 Å². The molecule has 2 aliphatic rings. The van der Waals surface area contributed by atoms with Gasteiger partial charge in [-0.05, 0) is 35.1 Å². The van der Waals surface area contributed by atoms with E-state index in [0.29, 0.717) is 19.4 Å². The summed E-state index contributed by atoms with van der Waals surface area (Å²) in [4.78, 5) is 36.1. The van der Waals surface area contributed by atoms with Gasteiger partial charge in [0.15, 0.2) is 6.10 Å². The van der Waals surface area contributed by atoms with E-state index in [-0.39, 0.29) is 43.4 Å². The molecule has 0 bridgehead atoms. The van der Waals surface area contributed by atoms with Crippen molar-refractivity contribution in [3.8, 4) is 11.1 Å². The standard InChI is InChI=1S/C26H30N2O6/c1-2-17(13-23(29)27-14-16-11-12-33-24(16)25(30)31)28-26(32)34-15-22-20-9-5-3-7-18(20)19-8-4-6-10-21(19)22/h3-10,16-17,22,24H,2,11-15H2,1H3,(H,27,29)(H,28,32)(H,30,31)/t16?,17-,24?/m1/s1. The fourth-order valence-corrected chi connectivity index (χ4v) is 4.76. The number of carbonyl (C=O) groups excluding carboxylic acids is 2. The molecule has 2 aromatic rings. The molecule has 1 saturated heterocycles. The highest BCUT2D eigenvalue weighted by Gasteiger charge is 2.34. The Balaban J connectivity index is 1.27. The maximum atomic E-state index is 12.5. The molecule has 1 heterocycles. The number of hydrogen-bond acceptors (Lipinski definition) is 5. The Morgan fingerprint density at radius 2 is 1.74 bits per heavy atom. The van der Waals surface area contributed by atoms with E-state index in [4.69, 9.17) is 9.47 Å². The fraction of sp³-hybridized carbons (Fsp3) is 0.423. The van der Waals surface area contributed by atoms with Gasteiger partial charge in [-0.3, -0.25) is 4.79 Å². The molecule has 4 rings (SSSR count). The number of aliphatic carboxylic acids is 1. The molecule has 0 spiro atoms. The first kappa shape index (κ1) is 23.8. The molecule has 3 N–H and O–H groups in total. The van der Waals surface area contributed by atoms with Gasteiger partial charge in [0, 0.05) is 37.5 Å². The quantitative estimate of drug-likeness (QED) is 0.523. The van der Waals surface area contributed by atoms with Crippen molar-refractivity contribution in [2.45, 2.75) is 44.2 Å². The summed E-state index contributed by atoms with van der Waals surface area (Å²) < 4.78 is 10.8. The Morgan fingerprint density at radius 1 is 1.09 bits per heavy atom. The second kappa shape index (κ2) is 10.7. The van der Waals surface area contributed by atoms with Crippen molar-refractivity contribution >= 4 is 18.0 Å². The minimum absolute atomic E-state index is 0.0302. The van der Waals surface area contributed by atoms with Crippen LogP contribution >= 0.6 is 0 Å². The van der Waals surface area contributed by atoms with E-state index in [0.717, 1.165) is 22.3 Å². The van der Waals surface area contributed by atoms with Crippen molar-refractivity contribution in [2.75, 3.05) is 19.8 Å². The first-order valence-electron chi connectivity index (χ1n) is 11.7. The first-order chi connectivity index (χ1) is 16.5. The Hall–Kier alpha value is -3.39. The van der Waals surface area contributed by atoms with Gasteiger partial charge in [-0.25, -0.2) is 9.59 Å². The summed E-state index contributed by atoms with van der Waals surface area (Å²) in [5.74, 6) is -1.55. The van der Waals surface area contributed by atoms with Crippen LogP contribution < -0.4 is 10.6 Å². The Bertz CT molecular complexity index is 1010. The van der Waals surface area contributed by atoms with E-state index >= 15 is 0 Å². The highest BCUT2D eigenvalue weighted by molar-refractivity contribution is 5.80. The van der Waals surface area contributed by atoms with Crippen LogP contribution in [-0.2, 0) is 19.1 Å². The van der Waals surface area contributed by atoms with Gasteiger partial charge in [0.1, 0.15) is 6.61 Å². The van der Waals surface area contributed by atoms with Crippen LogP contribution in [0.2, 0.25) is 0 Å². The van der Waals surface area contributed by atoms with E-state index in [2.05, 4.69) is 34.9 Å². The number of carboxylic acid groups (broad SMARTS) is 1. The Kier molecular flexibility index (Phi) is 7.47. The predicted molar refractivity (Wildman–Crippen MR) is 125 cm³/mol. The van der Waals surface area contributed by atoms with Gasteiger partial charge >= 0.3 is 12.1 Å². The Morgan fingerprint density at radius 3 is 2.35 bits per heavy atom. The van der Waals surface area contributed by atoms with Gasteiger partial charge in [0.2, 0.25) is 5.91 Å². The number of fused-ring (bicyclic) bond motifs is 3. The molecular weight excluding hydrogens is 436 g/mol. The van der Waals surface area contributed by atoms with E-state index in [1.165, 1.54) is 0 Å². The molecule has 1 aliphatic heterocycles. The maximum absolute atomic E-state index is 12.5. The topological polar surface area (TPSA) is 114 Å². The summed E-state index contributed by atoms with van der Waals surface area (Å²) >= 11 is 0. The highest BCUT2D eigenvalue weighted by atomic mass is 16.5. The molecule has 1 aliphatic carbocycles. The van der Waals surface area contributed by atoms with Gasteiger partial charge in [-0.2, -0.15) is 0 Å². The summed E-state index contributed by atoms with van der Waals surface area (Å²) in [5.41, 5.74) is 4.60. The lowest BCUT2D eigenvalue weighted by molar-refractivity contribution is -0.149. The van der Waals surface area contributed by atoms with E-state index < -0.39 is 18.2 Å². The van der Waals surface area contributed by atoms with Crippen molar-refractivity contribution in [2.24, 2.45) is 5.92 Å². The summed E-state index contributed by atoms with van der Waals surface area (Å²) in [7, 11) is 0. The highest BCUT2D eigenvalue weighted by Crippen LogP contribution is 2.44. The number of benzene rings is 2. The number of ether oxygens (including phenoxy) is 2. The zero-order chi connectivity index (χ0) is 24.1. The lowest BCUT2D eigenvalue weighted by atomic mass is 9.98. The molecule has 180 valence electrons. The van der Waals surface area contributed by atoms with Crippen LogP contribution in [0.3, 0.4) is 0 Å². The molecular formula is C26H30N2O6. The summed E-state index contributed by atoms with van der Waals surface area (Å²) in [6.45, 7) is 2.70. The molecule has 0 saturated carbocycles. The molecule has 8 heteroatoms. The molecule has 2 unspecified atom stereocenters. The normalized spacial score (nSPS) is 19.7. The summed E-state index contributed by atoms with van der Waals surface area (Å²) in [5, 5.41) is 14.7. The van der Waals surface area contributed by atoms with Gasteiger partial charge < -0.3 is 25.2 Å². The van der Waals surface area contributed by atoms with Crippen molar-refractivity contribution < 1.29 is 29.0 Å². The van der Waals surface area contributed by atoms with Gasteiger partial charge in [0.05, 0.1) is 0 Å². The van der Waals surface area contributed by atoms with Crippen molar-refractivity contribution in [1.82, 2.24) is 10.6 Å². The van der Waals surface area contributed by atoms with Crippen molar-refractivity contribution in [3.63, 3.8) is 0 Å². The van der Waals surface area contributed by atoms with Crippen LogP contribution in [0.25, 0.3) is 11.1 Å². The van der Waals surface area contributed by atoms with Crippen LogP contribution in [-0.4, -0.2) is 55.0 Å². The molecule has 2 aromatic carbocycles. The number of rotatable bonds is 9.